The number of hydrogen-bond donors (Lipinski definition) is 0. The largest absolute Gasteiger partial charge is 0.490 e. The molecule has 46 heavy (non-hydrogen) atoms. The molecule has 2 aromatic carbocycles. The Hall–Kier alpha value is -3.52. The number of benzene rings is 2. The maximum atomic E-state index is 14.2. The average Bonchev–Trinajstić information content (AvgIpc) is 3.42. The maximum Gasteiger partial charge on any atom is 0.311 e. The molecule has 0 N–H and O–H groups in total. The highest BCUT2D eigenvalue weighted by Gasteiger charge is 2.43. The molecule has 1 aliphatic heterocycles. The second-order valence-electron chi connectivity index (χ2n) is 13.0. The lowest BCUT2D eigenvalue weighted by atomic mass is 9.88. The van der Waals surface area contributed by atoms with Gasteiger partial charge in [0.2, 0.25) is 0 Å². The molecule has 1 aromatic heterocycles. The summed E-state index contributed by atoms with van der Waals surface area (Å²) in [5.74, 6) is 1.19. The number of hydrogen-bond acceptors (Lipinski definition) is 6. The van der Waals surface area contributed by atoms with Crippen molar-refractivity contribution >= 4 is 11.8 Å². The summed E-state index contributed by atoms with van der Waals surface area (Å²) in [6.07, 6.45) is 10.3. The Morgan fingerprint density at radius 1 is 1.02 bits per heavy atom. The molecule has 0 radical (unpaired) electrons. The molecule has 8 heteroatoms. The Bertz CT molecular complexity index is 1430. The van der Waals surface area contributed by atoms with E-state index in [1.54, 1.807) is 4.68 Å². The SMILES string of the molecule is C.CCCC[N+]1(Cc2cc(C)c(OC(=O)CCC)c(OCCCc3cn(C)nn3)c2)CCCCC1C(=O)Cc1c(C)cccc1C. The van der Waals surface area contributed by atoms with Gasteiger partial charge in [0.05, 0.1) is 25.4 Å². The van der Waals surface area contributed by atoms with Crippen molar-refractivity contribution in [1.82, 2.24) is 15.0 Å². The average molecular weight is 634 g/mol. The van der Waals surface area contributed by atoms with Crippen molar-refractivity contribution in [2.45, 2.75) is 119 Å². The number of carbonyl (C=O) groups excluding carboxylic acids is 2. The highest BCUT2D eigenvalue weighted by Crippen LogP contribution is 2.37. The minimum Gasteiger partial charge on any atom is -0.490 e. The lowest BCUT2D eigenvalue weighted by Gasteiger charge is -2.47. The number of rotatable bonds is 16. The molecule has 1 fully saturated rings. The third-order valence-electron chi connectivity index (χ3n) is 9.27. The second kappa shape index (κ2) is 17.4. The van der Waals surface area contributed by atoms with Crippen LogP contribution in [0.25, 0.3) is 0 Å². The molecule has 1 aliphatic rings. The number of esters is 1. The van der Waals surface area contributed by atoms with Gasteiger partial charge < -0.3 is 14.0 Å². The van der Waals surface area contributed by atoms with E-state index in [0.29, 0.717) is 36.7 Å². The van der Waals surface area contributed by atoms with Crippen LogP contribution in [0.2, 0.25) is 0 Å². The van der Waals surface area contributed by atoms with E-state index in [2.05, 4.69) is 61.4 Å². The zero-order chi connectivity index (χ0) is 32.4. The smallest absolute Gasteiger partial charge is 0.311 e. The topological polar surface area (TPSA) is 83.3 Å². The molecule has 2 heterocycles. The first kappa shape index (κ1) is 36.9. The van der Waals surface area contributed by atoms with Crippen molar-refractivity contribution in [3.63, 3.8) is 0 Å². The summed E-state index contributed by atoms with van der Waals surface area (Å²) in [6, 6.07) is 10.4. The Morgan fingerprint density at radius 2 is 1.78 bits per heavy atom. The number of likely N-dealkylation sites (tertiary alicyclic amines) is 1. The van der Waals surface area contributed by atoms with Crippen molar-refractivity contribution in [2.24, 2.45) is 7.05 Å². The highest BCUT2D eigenvalue weighted by atomic mass is 16.6. The van der Waals surface area contributed by atoms with Gasteiger partial charge in [0, 0.05) is 38.1 Å². The van der Waals surface area contributed by atoms with Gasteiger partial charge in [-0.05, 0) is 93.7 Å². The number of nitrogens with zero attached hydrogens (tertiary/aromatic N) is 4. The predicted octanol–water partition coefficient (Wildman–Crippen LogP) is 7.57. The van der Waals surface area contributed by atoms with Crippen molar-refractivity contribution in [2.75, 3.05) is 19.7 Å². The predicted molar refractivity (Wildman–Crippen MR) is 184 cm³/mol. The summed E-state index contributed by atoms with van der Waals surface area (Å²) in [5.41, 5.74) is 6.48. The molecule has 1 saturated heterocycles. The van der Waals surface area contributed by atoms with Crippen molar-refractivity contribution in [1.29, 1.82) is 0 Å². The van der Waals surface area contributed by atoms with Crippen LogP contribution < -0.4 is 9.47 Å². The first-order valence-electron chi connectivity index (χ1n) is 16.9. The lowest BCUT2D eigenvalue weighted by molar-refractivity contribution is -0.959. The lowest BCUT2D eigenvalue weighted by Crippen LogP contribution is -2.61. The van der Waals surface area contributed by atoms with Gasteiger partial charge in [-0.25, -0.2) is 0 Å². The number of aryl methyl sites for hydroxylation is 5. The molecule has 0 saturated carbocycles. The third kappa shape index (κ3) is 9.50. The number of piperidine rings is 1. The Morgan fingerprint density at radius 3 is 2.46 bits per heavy atom. The van der Waals surface area contributed by atoms with E-state index in [-0.39, 0.29) is 19.4 Å². The second-order valence-corrected chi connectivity index (χ2v) is 13.0. The van der Waals surface area contributed by atoms with Crippen molar-refractivity contribution in [3.05, 3.63) is 70.0 Å². The molecule has 2 unspecified atom stereocenters. The fourth-order valence-electron chi connectivity index (χ4n) is 6.91. The van der Waals surface area contributed by atoms with E-state index in [9.17, 15) is 9.59 Å². The number of Topliss-reactive ketones (excluding diaryl/α,β-unsaturated/α-hetero) is 1. The molecular formula is C38H57N4O4+. The van der Waals surface area contributed by atoms with Gasteiger partial charge in [0.25, 0.3) is 0 Å². The van der Waals surface area contributed by atoms with E-state index in [4.69, 9.17) is 9.47 Å². The van der Waals surface area contributed by atoms with Crippen LogP contribution in [-0.4, -0.2) is 57.0 Å². The molecule has 8 nitrogen and oxygen atoms in total. The highest BCUT2D eigenvalue weighted by molar-refractivity contribution is 5.85. The Kier molecular flexibility index (Phi) is 14.0. The zero-order valence-corrected chi connectivity index (χ0v) is 28.4. The normalized spacial score (nSPS) is 17.7. The van der Waals surface area contributed by atoms with Crippen LogP contribution in [-0.2, 0) is 36.0 Å². The van der Waals surface area contributed by atoms with E-state index < -0.39 is 0 Å². The van der Waals surface area contributed by atoms with E-state index in [1.807, 2.05) is 27.1 Å². The summed E-state index contributed by atoms with van der Waals surface area (Å²) < 4.78 is 14.7. The monoisotopic (exact) mass is 633 g/mol. The van der Waals surface area contributed by atoms with Gasteiger partial charge >= 0.3 is 5.97 Å². The van der Waals surface area contributed by atoms with Crippen LogP contribution >= 0.6 is 0 Å². The first-order valence-corrected chi connectivity index (χ1v) is 16.9. The van der Waals surface area contributed by atoms with E-state index in [0.717, 1.165) is 92.3 Å². The van der Waals surface area contributed by atoms with Gasteiger partial charge in [-0.2, -0.15) is 0 Å². The molecular weight excluding hydrogens is 576 g/mol. The number of quaternary nitrogens is 1. The quantitative estimate of drug-likeness (QED) is 0.0700. The van der Waals surface area contributed by atoms with Gasteiger partial charge in [-0.15, -0.1) is 5.10 Å². The van der Waals surface area contributed by atoms with E-state index >= 15 is 0 Å². The minimum atomic E-state index is -0.252. The molecule has 0 spiro atoms. The van der Waals surface area contributed by atoms with Crippen molar-refractivity contribution < 1.29 is 23.5 Å². The minimum absolute atomic E-state index is 0. The number of ether oxygens (including phenoxy) is 2. The van der Waals surface area contributed by atoms with Crippen LogP contribution in [0.15, 0.2) is 36.5 Å². The molecule has 2 atom stereocenters. The van der Waals surface area contributed by atoms with Crippen molar-refractivity contribution in [3.8, 4) is 11.5 Å². The fraction of sp³-hybridized carbons (Fsp3) is 0.579. The van der Waals surface area contributed by atoms with Crippen LogP contribution in [0.5, 0.6) is 11.5 Å². The zero-order valence-electron chi connectivity index (χ0n) is 28.4. The summed E-state index contributed by atoms with van der Waals surface area (Å²) in [5, 5.41) is 8.20. The van der Waals surface area contributed by atoms with Crippen LogP contribution in [0.1, 0.15) is 106 Å². The molecule has 0 aliphatic carbocycles. The van der Waals surface area contributed by atoms with Gasteiger partial charge in [0.1, 0.15) is 12.6 Å². The molecule has 0 bridgehead atoms. The Balaban J connectivity index is 0.00000576. The molecule has 4 rings (SSSR count). The standard InChI is InChI=1S/C37H53N4O4.CH4/c1-7-9-19-41(20-11-10-18-33(41)34(42)24-32-27(3)15-12-16-28(32)4)26-30-22-29(5)37(45-36(43)14-8-2)35(23-30)44-21-13-17-31-25-40(6)39-38-31;/h12,15-16,22-23,25,33H,7-11,13-14,17-21,24,26H2,1-6H3;1H4/q+1;. The van der Waals surface area contributed by atoms with Gasteiger partial charge in [0.15, 0.2) is 17.3 Å². The Labute approximate surface area is 277 Å². The number of carbonyl (C=O) groups is 2. The number of ketones is 1. The van der Waals surface area contributed by atoms with E-state index in [1.165, 1.54) is 16.7 Å². The number of aromatic nitrogens is 3. The summed E-state index contributed by atoms with van der Waals surface area (Å²) in [6.45, 7) is 13.6. The van der Waals surface area contributed by atoms with Crippen LogP contribution in [0, 0.1) is 20.8 Å². The van der Waals surface area contributed by atoms with Crippen LogP contribution in [0.4, 0.5) is 0 Å². The molecule has 252 valence electrons. The summed E-state index contributed by atoms with van der Waals surface area (Å²) >= 11 is 0. The fourth-order valence-corrected chi connectivity index (χ4v) is 6.91. The number of unbranched alkanes of at least 4 members (excludes halogenated alkanes) is 1. The summed E-state index contributed by atoms with van der Waals surface area (Å²) in [4.78, 5) is 26.8. The first-order chi connectivity index (χ1) is 21.7. The van der Waals surface area contributed by atoms with Crippen LogP contribution in [0.3, 0.4) is 0 Å². The maximum absolute atomic E-state index is 14.2. The third-order valence-corrected chi connectivity index (χ3v) is 9.27. The summed E-state index contributed by atoms with van der Waals surface area (Å²) in [7, 11) is 1.86. The van der Waals surface area contributed by atoms with Gasteiger partial charge in [-0.3, -0.25) is 14.3 Å². The molecule has 3 aromatic rings. The van der Waals surface area contributed by atoms with Gasteiger partial charge in [-0.1, -0.05) is 51.1 Å². The molecule has 0 amide bonds.